The highest BCUT2D eigenvalue weighted by atomic mass is 16.5. The Morgan fingerprint density at radius 2 is 1.72 bits per heavy atom. The molecule has 0 spiro atoms. The minimum absolute atomic E-state index is 0.00755. The van der Waals surface area contributed by atoms with E-state index in [1.807, 2.05) is 43.3 Å². The lowest BCUT2D eigenvalue weighted by atomic mass is 9.89. The molecular weight excluding hydrogens is 410 g/mol. The van der Waals surface area contributed by atoms with Crippen LogP contribution in [0.25, 0.3) is 0 Å². The number of hydrogen-bond acceptors (Lipinski definition) is 6. The second-order valence-electron chi connectivity index (χ2n) is 7.80. The highest BCUT2D eigenvalue weighted by molar-refractivity contribution is 5.79. The minimum atomic E-state index is -0.406. The van der Waals surface area contributed by atoms with Gasteiger partial charge in [-0.25, -0.2) is 0 Å². The van der Waals surface area contributed by atoms with Gasteiger partial charge in [0, 0.05) is 13.0 Å². The van der Waals surface area contributed by atoms with Crippen LogP contribution in [0, 0.1) is 6.92 Å². The van der Waals surface area contributed by atoms with E-state index in [1.54, 1.807) is 19.1 Å². The predicted octanol–water partition coefficient (Wildman–Crippen LogP) is 3.86. The first-order valence-electron chi connectivity index (χ1n) is 10.8. The summed E-state index contributed by atoms with van der Waals surface area (Å²) in [6.45, 7) is 3.00. The third-order valence-corrected chi connectivity index (χ3v) is 5.74. The Bertz CT molecular complexity index is 940. The van der Waals surface area contributed by atoms with Gasteiger partial charge >= 0.3 is 5.97 Å². The molecule has 1 atom stereocenters. The summed E-state index contributed by atoms with van der Waals surface area (Å²) in [5.74, 6) is 1.63. The number of benzene rings is 2. The zero-order chi connectivity index (χ0) is 23.1. The van der Waals surface area contributed by atoms with E-state index in [0.717, 1.165) is 16.9 Å². The van der Waals surface area contributed by atoms with Crippen molar-refractivity contribution in [1.29, 1.82) is 0 Å². The van der Waals surface area contributed by atoms with E-state index in [9.17, 15) is 9.59 Å². The average molecular weight is 442 g/mol. The number of rotatable bonds is 9. The number of carbonyl (C=O) groups excluding carboxylic acids is 2. The van der Waals surface area contributed by atoms with Gasteiger partial charge in [-0.05, 0) is 55.2 Å². The number of esters is 1. The Hall–Kier alpha value is -3.22. The first-order chi connectivity index (χ1) is 15.5. The molecule has 7 heteroatoms. The number of hydrogen-bond donors (Lipinski definition) is 0. The van der Waals surface area contributed by atoms with Gasteiger partial charge in [-0.3, -0.25) is 9.59 Å². The van der Waals surface area contributed by atoms with Crippen LogP contribution in [0.15, 0.2) is 36.4 Å². The molecule has 1 aliphatic heterocycles. The van der Waals surface area contributed by atoms with Crippen molar-refractivity contribution < 1.29 is 28.5 Å². The largest absolute Gasteiger partial charge is 0.494 e. The van der Waals surface area contributed by atoms with Crippen molar-refractivity contribution in [2.45, 2.75) is 38.6 Å². The van der Waals surface area contributed by atoms with Gasteiger partial charge in [-0.1, -0.05) is 17.7 Å². The third-order valence-electron chi connectivity index (χ3n) is 5.74. The summed E-state index contributed by atoms with van der Waals surface area (Å²) in [6.07, 6.45) is 1.70. The predicted molar refractivity (Wildman–Crippen MR) is 120 cm³/mol. The van der Waals surface area contributed by atoms with Crippen LogP contribution in [0.2, 0.25) is 0 Å². The van der Waals surface area contributed by atoms with Crippen LogP contribution in [0.1, 0.15) is 42.0 Å². The first-order valence-corrected chi connectivity index (χ1v) is 10.8. The third kappa shape index (κ3) is 5.52. The van der Waals surface area contributed by atoms with Gasteiger partial charge in [0.05, 0.1) is 40.4 Å². The lowest BCUT2D eigenvalue weighted by Gasteiger charge is -2.37. The smallest absolute Gasteiger partial charge is 0.307 e. The molecule has 0 aromatic heterocycles. The molecule has 0 fully saturated rings. The van der Waals surface area contributed by atoms with Gasteiger partial charge in [0.25, 0.3) is 0 Å². The molecule has 2 aromatic carbocycles. The number of methoxy groups -OCH3 is 3. The number of ether oxygens (including phenoxy) is 4. The molecule has 0 unspecified atom stereocenters. The second-order valence-corrected chi connectivity index (χ2v) is 7.80. The standard InChI is InChI=1S/C25H31NO6/c1-17-7-9-19(10-8-17)32-13-5-6-24(27)26-12-11-18-14-22(29-2)23(30-3)15-20(18)21(26)16-25(28)31-4/h7-10,14-15,21H,5-6,11-13,16H2,1-4H3/t21-/m0/s1. The maximum atomic E-state index is 13.1. The lowest BCUT2D eigenvalue weighted by molar-refractivity contribution is -0.144. The molecule has 0 saturated carbocycles. The molecular formula is C25H31NO6. The maximum absolute atomic E-state index is 13.1. The van der Waals surface area contributed by atoms with E-state index < -0.39 is 6.04 Å². The Morgan fingerprint density at radius 3 is 2.38 bits per heavy atom. The normalized spacial score (nSPS) is 15.0. The number of nitrogens with zero attached hydrogens (tertiary/aromatic N) is 1. The Balaban J connectivity index is 1.70. The van der Waals surface area contributed by atoms with Crippen molar-refractivity contribution in [3.63, 3.8) is 0 Å². The zero-order valence-corrected chi connectivity index (χ0v) is 19.2. The molecule has 0 bridgehead atoms. The van der Waals surface area contributed by atoms with Crippen molar-refractivity contribution in [2.24, 2.45) is 0 Å². The molecule has 7 nitrogen and oxygen atoms in total. The number of fused-ring (bicyclic) bond motifs is 1. The van der Waals surface area contributed by atoms with Gasteiger partial charge in [0.15, 0.2) is 11.5 Å². The molecule has 0 N–H and O–H groups in total. The quantitative estimate of drug-likeness (QED) is 0.435. The molecule has 0 radical (unpaired) electrons. The Kier molecular flexibility index (Phi) is 7.98. The number of aryl methyl sites for hydroxylation is 1. The van der Waals surface area contributed by atoms with Crippen LogP contribution in [0.3, 0.4) is 0 Å². The van der Waals surface area contributed by atoms with Crippen molar-refractivity contribution >= 4 is 11.9 Å². The molecule has 1 heterocycles. The summed E-state index contributed by atoms with van der Waals surface area (Å²) in [4.78, 5) is 27.0. The SMILES string of the molecule is COC(=O)C[C@H]1c2cc(OC)c(OC)cc2CCN1C(=O)CCCOc1ccc(C)cc1. The van der Waals surface area contributed by atoms with Gasteiger partial charge in [0.1, 0.15) is 5.75 Å². The van der Waals surface area contributed by atoms with Crippen LogP contribution < -0.4 is 14.2 Å². The highest BCUT2D eigenvalue weighted by Crippen LogP contribution is 2.39. The molecule has 2 aromatic rings. The Morgan fingerprint density at radius 1 is 1.03 bits per heavy atom. The Labute approximate surface area is 189 Å². The van der Waals surface area contributed by atoms with Gasteiger partial charge < -0.3 is 23.8 Å². The van der Waals surface area contributed by atoms with Crippen LogP contribution in [0.5, 0.6) is 17.2 Å². The summed E-state index contributed by atoms with van der Waals surface area (Å²) >= 11 is 0. The molecule has 0 aliphatic carbocycles. The maximum Gasteiger partial charge on any atom is 0.307 e. The molecule has 0 saturated heterocycles. The monoisotopic (exact) mass is 441 g/mol. The van der Waals surface area contributed by atoms with Gasteiger partial charge in [-0.15, -0.1) is 0 Å². The fourth-order valence-corrected chi connectivity index (χ4v) is 3.98. The lowest BCUT2D eigenvalue weighted by Crippen LogP contribution is -2.41. The van der Waals surface area contributed by atoms with Gasteiger partial charge in [0.2, 0.25) is 5.91 Å². The van der Waals surface area contributed by atoms with Crippen LogP contribution in [-0.4, -0.2) is 51.3 Å². The average Bonchev–Trinajstić information content (AvgIpc) is 2.81. The first kappa shape index (κ1) is 23.4. The van der Waals surface area contributed by atoms with E-state index in [2.05, 4.69) is 0 Å². The van der Waals surface area contributed by atoms with E-state index in [4.69, 9.17) is 18.9 Å². The minimum Gasteiger partial charge on any atom is -0.494 e. The summed E-state index contributed by atoms with van der Waals surface area (Å²) in [5, 5.41) is 0. The van der Waals surface area contributed by atoms with Gasteiger partial charge in [-0.2, -0.15) is 0 Å². The van der Waals surface area contributed by atoms with E-state index in [0.29, 0.717) is 43.9 Å². The van der Waals surface area contributed by atoms with Crippen molar-refractivity contribution in [3.8, 4) is 17.2 Å². The molecule has 1 aliphatic rings. The van der Waals surface area contributed by atoms with Crippen molar-refractivity contribution in [2.75, 3.05) is 34.5 Å². The molecule has 1 amide bonds. The zero-order valence-electron chi connectivity index (χ0n) is 19.2. The summed E-state index contributed by atoms with van der Waals surface area (Å²) in [6, 6.07) is 11.2. The summed E-state index contributed by atoms with van der Waals surface area (Å²) in [7, 11) is 4.52. The van der Waals surface area contributed by atoms with E-state index in [-0.39, 0.29) is 18.3 Å². The van der Waals surface area contributed by atoms with Crippen molar-refractivity contribution in [1.82, 2.24) is 4.90 Å². The summed E-state index contributed by atoms with van der Waals surface area (Å²) < 4.78 is 21.5. The molecule has 32 heavy (non-hydrogen) atoms. The van der Waals surface area contributed by atoms with Crippen LogP contribution in [0.4, 0.5) is 0 Å². The number of carbonyl (C=O) groups is 2. The topological polar surface area (TPSA) is 74.3 Å². The summed E-state index contributed by atoms with van der Waals surface area (Å²) in [5.41, 5.74) is 3.11. The second kappa shape index (κ2) is 10.9. The molecule has 172 valence electrons. The fraction of sp³-hybridized carbons (Fsp3) is 0.440. The van der Waals surface area contributed by atoms with Crippen LogP contribution >= 0.6 is 0 Å². The number of amides is 1. The van der Waals surface area contributed by atoms with E-state index in [1.165, 1.54) is 12.7 Å². The van der Waals surface area contributed by atoms with Crippen molar-refractivity contribution in [3.05, 3.63) is 53.1 Å². The van der Waals surface area contributed by atoms with Crippen LogP contribution in [-0.2, 0) is 20.7 Å². The fourth-order valence-electron chi connectivity index (χ4n) is 3.98. The highest BCUT2D eigenvalue weighted by Gasteiger charge is 2.33. The van der Waals surface area contributed by atoms with E-state index >= 15 is 0 Å². The molecule has 3 rings (SSSR count).